The zero-order chi connectivity index (χ0) is 47.4. The van der Waals surface area contributed by atoms with Crippen LogP contribution in [0.2, 0.25) is 0 Å². The van der Waals surface area contributed by atoms with Crippen LogP contribution < -0.4 is 5.32 Å². The summed E-state index contributed by atoms with van der Waals surface area (Å²) in [5, 5.41) is 23.8. The van der Waals surface area contributed by atoms with Crippen molar-refractivity contribution >= 4 is 11.9 Å². The van der Waals surface area contributed by atoms with E-state index in [9.17, 15) is 19.8 Å². The summed E-state index contributed by atoms with van der Waals surface area (Å²) in [6.45, 7) is 6.30. The van der Waals surface area contributed by atoms with Gasteiger partial charge in [0.15, 0.2) is 0 Å². The van der Waals surface area contributed by atoms with Crippen LogP contribution in [0.5, 0.6) is 0 Å². The van der Waals surface area contributed by atoms with Crippen LogP contribution >= 0.6 is 0 Å². The number of rotatable bonds is 46. The third-order valence-corrected chi connectivity index (χ3v) is 11.3. The van der Waals surface area contributed by atoms with Gasteiger partial charge in [-0.2, -0.15) is 0 Å². The fraction of sp³-hybridized carbons (Fsp3) is 0.661. The summed E-state index contributed by atoms with van der Waals surface area (Å²) in [4.78, 5) is 26.1. The Morgan fingerprint density at radius 3 is 1.31 bits per heavy atom. The quantitative estimate of drug-likeness (QED) is 0.0321. The van der Waals surface area contributed by atoms with Crippen molar-refractivity contribution in [2.24, 2.45) is 0 Å². The number of unbranched alkanes of at least 4 members (excludes halogenated alkanes) is 17. The average Bonchev–Trinajstić information content (AvgIpc) is 3.30. The summed E-state index contributed by atoms with van der Waals surface area (Å²) in [5.74, 6) is -0.654. The van der Waals surface area contributed by atoms with Crippen molar-refractivity contribution in [2.45, 2.75) is 244 Å². The highest BCUT2D eigenvalue weighted by Crippen LogP contribution is 2.16. The van der Waals surface area contributed by atoms with Crippen LogP contribution in [0, 0.1) is 0 Å². The third-order valence-electron chi connectivity index (χ3n) is 11.3. The van der Waals surface area contributed by atoms with Crippen LogP contribution in [-0.2, 0) is 14.3 Å². The number of carbonyl (C=O) groups excluding carboxylic acids is 2. The highest BCUT2D eigenvalue weighted by atomic mass is 16.5. The molecule has 0 saturated heterocycles. The van der Waals surface area contributed by atoms with Crippen molar-refractivity contribution in [3.63, 3.8) is 0 Å². The second kappa shape index (κ2) is 51.5. The molecule has 1 amide bonds. The van der Waals surface area contributed by atoms with E-state index < -0.39 is 18.2 Å². The Morgan fingerprint density at radius 2 is 0.862 bits per heavy atom. The number of hydrogen-bond acceptors (Lipinski definition) is 5. The molecular formula is C59H99NO5. The summed E-state index contributed by atoms with van der Waals surface area (Å²) in [6, 6.07) is -0.749. The van der Waals surface area contributed by atoms with Crippen molar-refractivity contribution in [2.75, 3.05) is 6.61 Å². The zero-order valence-corrected chi connectivity index (χ0v) is 42.1. The fourth-order valence-corrected chi connectivity index (χ4v) is 7.33. The lowest BCUT2D eigenvalue weighted by Crippen LogP contribution is -2.46. The Balaban J connectivity index is 4.81. The molecule has 0 bridgehead atoms. The second-order valence-corrected chi connectivity index (χ2v) is 17.5. The number of aliphatic hydroxyl groups is 2. The minimum atomic E-state index is -0.827. The molecule has 0 aromatic heterocycles. The molecule has 0 fully saturated rings. The topological polar surface area (TPSA) is 95.9 Å². The lowest BCUT2D eigenvalue weighted by atomic mass is 10.0. The Kier molecular flexibility index (Phi) is 48.7. The number of esters is 1. The van der Waals surface area contributed by atoms with E-state index in [2.05, 4.69) is 123 Å². The van der Waals surface area contributed by atoms with E-state index in [-0.39, 0.29) is 31.3 Å². The molecule has 0 aromatic rings. The molecule has 3 unspecified atom stereocenters. The van der Waals surface area contributed by atoms with Gasteiger partial charge in [-0.1, -0.05) is 233 Å². The molecule has 370 valence electrons. The number of ether oxygens (including phenoxy) is 1. The molecule has 0 aliphatic rings. The summed E-state index contributed by atoms with van der Waals surface area (Å²) in [7, 11) is 0. The lowest BCUT2D eigenvalue weighted by Gasteiger charge is -2.24. The summed E-state index contributed by atoms with van der Waals surface area (Å²) in [5.41, 5.74) is 0. The van der Waals surface area contributed by atoms with Crippen molar-refractivity contribution in [3.05, 3.63) is 109 Å². The van der Waals surface area contributed by atoms with Crippen molar-refractivity contribution in [1.29, 1.82) is 0 Å². The molecule has 0 saturated carbocycles. The first-order chi connectivity index (χ1) is 32.0. The number of amides is 1. The van der Waals surface area contributed by atoms with Crippen molar-refractivity contribution in [3.8, 4) is 0 Å². The fourth-order valence-electron chi connectivity index (χ4n) is 7.33. The third kappa shape index (κ3) is 46.8. The monoisotopic (exact) mass is 902 g/mol. The largest absolute Gasteiger partial charge is 0.461 e. The number of allylic oxidation sites excluding steroid dienone is 17. The van der Waals surface area contributed by atoms with Gasteiger partial charge in [-0.05, 0) is 83.5 Å². The average molecular weight is 902 g/mol. The standard InChI is InChI=1S/C59H99NO5/c1-4-7-10-13-16-19-22-25-28-29-31-34-37-40-43-46-49-52-59(64)65-55(50-47-44-41-38-35-32-30-26-23-20-17-14-11-8-5-2)53-58(63)60-56(54-61)57(62)51-48-45-42-39-36-33-27-24-21-18-15-12-9-6-3/h7,10,16-17,19-20,25-26,28,30-31,34-35,38,40,43-44,47,55-57,61-62H,4-6,8-9,11-15,18,21-24,27,29,32-33,36-37,39,41-42,45-46,48-54H2,1-3H3,(H,60,63)/b10-7-,19-16-,20-17-,28-25-,30-26-,34-31-,38-35-,43-40-,47-44-. The van der Waals surface area contributed by atoms with Gasteiger partial charge in [0.2, 0.25) is 5.91 Å². The number of nitrogens with one attached hydrogen (secondary N) is 1. The Bertz CT molecular complexity index is 1330. The molecule has 6 nitrogen and oxygen atoms in total. The van der Waals surface area contributed by atoms with Crippen LogP contribution in [0.1, 0.15) is 226 Å². The molecule has 3 N–H and O–H groups in total. The first-order valence-corrected chi connectivity index (χ1v) is 26.6. The maximum absolute atomic E-state index is 13.2. The predicted molar refractivity (Wildman–Crippen MR) is 282 cm³/mol. The van der Waals surface area contributed by atoms with Crippen LogP contribution in [-0.4, -0.2) is 46.9 Å². The van der Waals surface area contributed by atoms with Gasteiger partial charge in [0.1, 0.15) is 6.10 Å². The molecule has 0 aliphatic heterocycles. The summed E-state index contributed by atoms with van der Waals surface area (Å²) >= 11 is 0. The number of carbonyl (C=O) groups is 2. The highest BCUT2D eigenvalue weighted by molar-refractivity contribution is 5.77. The highest BCUT2D eigenvalue weighted by Gasteiger charge is 2.23. The lowest BCUT2D eigenvalue weighted by molar-refractivity contribution is -0.150. The molecule has 65 heavy (non-hydrogen) atoms. The van der Waals surface area contributed by atoms with E-state index in [4.69, 9.17) is 4.74 Å². The molecule has 0 aliphatic carbocycles. The van der Waals surface area contributed by atoms with Gasteiger partial charge in [0, 0.05) is 12.8 Å². The smallest absolute Gasteiger partial charge is 0.306 e. The van der Waals surface area contributed by atoms with E-state index >= 15 is 0 Å². The second-order valence-electron chi connectivity index (χ2n) is 17.5. The van der Waals surface area contributed by atoms with Crippen LogP contribution in [0.15, 0.2) is 109 Å². The van der Waals surface area contributed by atoms with E-state index in [1.54, 1.807) is 0 Å². The SMILES string of the molecule is CC/C=C\C/C=C\C/C=C\C/C=C\C/C=C\CCCC(=O)OC(C/C=C\C/C=C\C/C=C\C/C=C\CCCCC)CC(=O)NC(CO)C(O)CCCCCCCCCCCCCCCC. The van der Waals surface area contributed by atoms with E-state index in [0.717, 1.165) is 83.5 Å². The minimum absolute atomic E-state index is 0.0272. The first-order valence-electron chi connectivity index (χ1n) is 26.6. The van der Waals surface area contributed by atoms with Gasteiger partial charge >= 0.3 is 5.97 Å². The molecule has 3 atom stereocenters. The summed E-state index contributed by atoms with van der Waals surface area (Å²) < 4.78 is 5.84. The van der Waals surface area contributed by atoms with Gasteiger partial charge in [0.05, 0.1) is 25.2 Å². The summed E-state index contributed by atoms with van der Waals surface area (Å²) in [6.07, 6.45) is 70.2. The van der Waals surface area contributed by atoms with E-state index in [1.165, 1.54) is 89.9 Å². The molecule has 0 rings (SSSR count). The Labute approximate surface area is 400 Å². The molecule has 0 spiro atoms. The van der Waals surface area contributed by atoms with Crippen molar-refractivity contribution in [1.82, 2.24) is 5.32 Å². The van der Waals surface area contributed by atoms with E-state index in [1.807, 2.05) is 12.2 Å². The Hall–Kier alpha value is -3.48. The normalized spacial score (nSPS) is 14.1. The molecular weight excluding hydrogens is 803 g/mol. The van der Waals surface area contributed by atoms with Crippen molar-refractivity contribution < 1.29 is 24.5 Å². The van der Waals surface area contributed by atoms with Gasteiger partial charge in [-0.3, -0.25) is 9.59 Å². The van der Waals surface area contributed by atoms with Gasteiger partial charge in [-0.25, -0.2) is 0 Å². The molecule has 6 heteroatoms. The predicted octanol–water partition coefficient (Wildman–Crippen LogP) is 16.3. The number of hydrogen-bond donors (Lipinski definition) is 3. The first kappa shape index (κ1) is 61.5. The maximum Gasteiger partial charge on any atom is 0.306 e. The maximum atomic E-state index is 13.2. The van der Waals surface area contributed by atoms with Crippen LogP contribution in [0.4, 0.5) is 0 Å². The minimum Gasteiger partial charge on any atom is -0.461 e. The molecule has 0 aromatic carbocycles. The van der Waals surface area contributed by atoms with Gasteiger partial charge in [-0.15, -0.1) is 0 Å². The van der Waals surface area contributed by atoms with Gasteiger partial charge < -0.3 is 20.3 Å². The Morgan fingerprint density at radius 1 is 0.477 bits per heavy atom. The molecule has 0 radical (unpaired) electrons. The van der Waals surface area contributed by atoms with E-state index in [0.29, 0.717) is 19.3 Å². The number of aliphatic hydroxyl groups excluding tert-OH is 2. The molecule has 0 heterocycles. The van der Waals surface area contributed by atoms with Crippen LogP contribution in [0.3, 0.4) is 0 Å². The van der Waals surface area contributed by atoms with Gasteiger partial charge in [0.25, 0.3) is 0 Å². The van der Waals surface area contributed by atoms with Crippen LogP contribution in [0.25, 0.3) is 0 Å². The zero-order valence-electron chi connectivity index (χ0n) is 42.1.